The van der Waals surface area contributed by atoms with Crippen LogP contribution in [0.15, 0.2) is 54.1 Å². The van der Waals surface area contributed by atoms with Crippen LogP contribution in [0.5, 0.6) is 0 Å². The third kappa shape index (κ3) is 9.03. The molecule has 0 spiro atoms. The highest BCUT2D eigenvalue weighted by molar-refractivity contribution is 8.39. The Bertz CT molecular complexity index is 2490. The van der Waals surface area contributed by atoms with E-state index in [-0.39, 0.29) is 40.7 Å². The van der Waals surface area contributed by atoms with Gasteiger partial charge in [-0.05, 0) is 12.1 Å². The maximum atomic E-state index is 16.4. The molecule has 2 saturated heterocycles. The van der Waals surface area contributed by atoms with Crippen LogP contribution < -0.4 is 16.2 Å². The van der Waals surface area contributed by atoms with E-state index in [1.807, 2.05) is 0 Å². The monoisotopic (exact) mass is 880 g/mol. The molecule has 27 heteroatoms. The van der Waals surface area contributed by atoms with Crippen molar-refractivity contribution in [3.8, 4) is 0 Å². The van der Waals surface area contributed by atoms with Gasteiger partial charge in [-0.25, -0.2) is 28.7 Å². The average molecular weight is 881 g/mol. The summed E-state index contributed by atoms with van der Waals surface area (Å²) in [5.74, 6) is -1.52. The third-order valence-electron chi connectivity index (χ3n) is 9.26. The summed E-state index contributed by atoms with van der Waals surface area (Å²) in [6, 6.07) is 8.34. The van der Waals surface area contributed by atoms with E-state index < -0.39 is 93.8 Å². The van der Waals surface area contributed by atoms with Crippen molar-refractivity contribution < 1.29 is 55.3 Å². The van der Waals surface area contributed by atoms with Crippen molar-refractivity contribution in [1.29, 1.82) is 0 Å². The zero-order chi connectivity index (χ0) is 42.2. The van der Waals surface area contributed by atoms with Crippen molar-refractivity contribution in [2.24, 2.45) is 5.92 Å². The number of alkyl halides is 2. The Morgan fingerprint density at radius 3 is 2.29 bits per heavy atom. The van der Waals surface area contributed by atoms with Crippen LogP contribution in [0.2, 0.25) is 0 Å². The number of anilines is 2. The minimum absolute atomic E-state index is 0.0373. The number of methoxy groups -OCH3 is 1. The van der Waals surface area contributed by atoms with Gasteiger partial charge >= 0.3 is 0 Å². The zero-order valence-electron chi connectivity index (χ0n) is 31.5. The number of H-pyrrole nitrogens is 1. The Morgan fingerprint density at radius 2 is 1.63 bits per heavy atom. The van der Waals surface area contributed by atoms with Crippen LogP contribution in [0.25, 0.3) is 22.3 Å². The number of carbonyl (C=O) groups is 2. The predicted molar refractivity (Wildman–Crippen MR) is 211 cm³/mol. The first-order valence-corrected chi connectivity index (χ1v) is 22.4. The summed E-state index contributed by atoms with van der Waals surface area (Å²) in [6.45, 7) is 2.38. The Hall–Kier alpha value is -4.45. The van der Waals surface area contributed by atoms with Gasteiger partial charge in [-0.15, -0.1) is 0 Å². The molecule has 2 aliphatic heterocycles. The van der Waals surface area contributed by atoms with Crippen molar-refractivity contribution in [2.45, 2.75) is 63.1 Å². The van der Waals surface area contributed by atoms with Crippen molar-refractivity contribution in [3.63, 3.8) is 0 Å². The molecule has 59 heavy (non-hydrogen) atoms. The molecule has 6 heterocycles. The van der Waals surface area contributed by atoms with E-state index in [0.29, 0.717) is 5.56 Å². The van der Waals surface area contributed by atoms with Gasteiger partial charge in [0.1, 0.15) is 30.7 Å². The number of hydrogen-bond donors (Lipinski definition) is 4. The summed E-state index contributed by atoms with van der Waals surface area (Å²) in [6.07, 6.45) is -9.39. The number of amides is 2. The van der Waals surface area contributed by atoms with E-state index in [1.54, 1.807) is 44.2 Å². The number of ether oxygens (including phenoxy) is 3. The number of rotatable bonds is 15. The summed E-state index contributed by atoms with van der Waals surface area (Å²) in [5, 5.41) is 5.14. The third-order valence-corrected chi connectivity index (χ3v) is 11.3. The largest absolute Gasteiger partial charge is 0.382 e. The lowest BCUT2D eigenvalue weighted by molar-refractivity contribution is -0.118. The second-order valence-electron chi connectivity index (χ2n) is 13.7. The van der Waals surface area contributed by atoms with E-state index in [1.165, 1.54) is 18.0 Å². The van der Waals surface area contributed by atoms with Crippen molar-refractivity contribution in [3.05, 3.63) is 65.2 Å². The number of aromatic amines is 1. The molecule has 314 valence electrons. The molecular weight excluding hydrogens is 843 g/mol. The summed E-state index contributed by atoms with van der Waals surface area (Å²) in [7, 11) is -4.97. The fraction of sp³-hybridized carbons (Fsp3) is 0.438. The number of halogens is 2. The van der Waals surface area contributed by atoms with Gasteiger partial charge in [-0.1, -0.05) is 44.3 Å². The molecule has 0 saturated carbocycles. The van der Waals surface area contributed by atoms with Gasteiger partial charge < -0.3 is 33.1 Å². The van der Waals surface area contributed by atoms with Crippen LogP contribution >= 0.6 is 27.0 Å². The molecule has 4 aromatic heterocycles. The Balaban J connectivity index is 1.07. The lowest BCUT2D eigenvalue weighted by Crippen LogP contribution is -2.35. The smallest absolute Gasteiger partial charge is 0.280 e. The first kappa shape index (κ1) is 42.7. The number of fused-ring (bicyclic) bond motifs is 2. The molecule has 2 fully saturated rings. The molecule has 2 aliphatic rings. The van der Waals surface area contributed by atoms with Crippen molar-refractivity contribution in [1.82, 2.24) is 39.0 Å². The van der Waals surface area contributed by atoms with Crippen molar-refractivity contribution in [2.75, 3.05) is 31.0 Å². The lowest BCUT2D eigenvalue weighted by atomic mass is 10.1. The standard InChI is InChI=1S/C32H37BF2N10O11P2S/c1-14(2)27(46)42-32-41-26-21(29(48)43-32)39-13-45(26)31-19(35)23(16(53-31)9-51-3)56-58(33,50)52-10-17-22(55-57(49)59)18(34)30(54-17)44-12-38-20-24(36-11-37-25(20)44)40-28(47)15-7-5-4-6-8-15/h4-8,11-14,16-19,22-23,30-31,57H,9-10,33H2,1-3H3,(H,49,59)(H,36,37,40,47)(H2,41,42,43,46,48)/t16-,17-,18-,19-,22-,23-,30-,31-,58?/m1/s1. The quantitative estimate of drug-likeness (QED) is 0.0670. The van der Waals surface area contributed by atoms with E-state index in [4.69, 9.17) is 27.8 Å². The van der Waals surface area contributed by atoms with E-state index in [0.717, 1.165) is 24.8 Å². The molecule has 7 rings (SSSR count). The molecule has 0 radical (unpaired) electrons. The molecule has 2 unspecified atom stereocenters. The van der Waals surface area contributed by atoms with Crippen molar-refractivity contribution >= 4 is 80.4 Å². The number of nitrogens with one attached hydrogen (secondary N) is 3. The van der Waals surface area contributed by atoms with Gasteiger partial charge in [0, 0.05) is 18.6 Å². The van der Waals surface area contributed by atoms with Gasteiger partial charge in [0.05, 0.1) is 25.9 Å². The summed E-state index contributed by atoms with van der Waals surface area (Å²) < 4.78 is 94.7. The van der Waals surface area contributed by atoms with E-state index >= 15 is 8.78 Å². The Kier molecular flexibility index (Phi) is 12.8. The Labute approximate surface area is 339 Å². The fourth-order valence-electron chi connectivity index (χ4n) is 6.44. The summed E-state index contributed by atoms with van der Waals surface area (Å²) in [4.78, 5) is 61.1. The molecule has 21 nitrogen and oxygen atoms in total. The zero-order valence-corrected chi connectivity index (χ0v) is 34.3. The molecular formula is C32H37BF2N10O11P2S. The van der Waals surface area contributed by atoms with Gasteiger partial charge in [-0.2, -0.15) is 4.98 Å². The van der Waals surface area contributed by atoms with Crippen LogP contribution in [0.4, 0.5) is 20.5 Å². The lowest BCUT2D eigenvalue weighted by Gasteiger charge is -2.25. The minimum atomic E-state index is -4.28. The highest BCUT2D eigenvalue weighted by atomic mass is 32.7. The van der Waals surface area contributed by atoms with Crippen LogP contribution in [-0.4, -0.2) is 116 Å². The molecule has 2 amide bonds. The summed E-state index contributed by atoms with van der Waals surface area (Å²) >= 11 is 3.81. The van der Waals surface area contributed by atoms with Gasteiger partial charge in [0.15, 0.2) is 52.9 Å². The summed E-state index contributed by atoms with van der Waals surface area (Å²) in [5.41, 5.74) is -0.485. The maximum absolute atomic E-state index is 16.4. The molecule has 0 aliphatic carbocycles. The van der Waals surface area contributed by atoms with Gasteiger partial charge in [-0.3, -0.25) is 42.9 Å². The Morgan fingerprint density at radius 1 is 0.983 bits per heavy atom. The van der Waals surface area contributed by atoms with Gasteiger partial charge in [0.2, 0.25) is 19.1 Å². The maximum Gasteiger partial charge on any atom is 0.280 e. The number of hydrogen-bond acceptors (Lipinski definition) is 16. The molecule has 0 bridgehead atoms. The highest BCUT2D eigenvalue weighted by Crippen LogP contribution is 2.50. The molecule has 10 atom stereocenters. The SMILES string of the molecule is BP(=O)(OC[C@H]1O[C@@H](n2cnc3c(NC(=O)c4ccccc4)ncnc32)[C@H](F)[C@@H]1O[PH](=O)S)O[C@H]1[C@@H](F)[C@H](n2cnc3c(=O)[nH]c(NC(=O)C(C)C)nc32)O[C@@H]1COC. The second kappa shape index (κ2) is 17.6. The average Bonchev–Trinajstić information content (AvgIpc) is 3.96. The number of aromatic nitrogens is 8. The normalized spacial score (nSPS) is 26.0. The number of imidazole rings is 2. The van der Waals surface area contributed by atoms with Gasteiger partial charge in [0.25, 0.3) is 26.5 Å². The topological polar surface area (TPSA) is 255 Å². The van der Waals surface area contributed by atoms with Crippen LogP contribution in [0, 0.1) is 5.92 Å². The molecule has 1 aromatic carbocycles. The number of nitrogens with zero attached hydrogens (tertiary/aromatic N) is 7. The predicted octanol–water partition coefficient (Wildman–Crippen LogP) is 2.77. The number of benzene rings is 1. The first-order valence-electron chi connectivity index (χ1n) is 17.9. The van der Waals surface area contributed by atoms with E-state index in [2.05, 4.69) is 52.8 Å². The second-order valence-corrected chi connectivity index (χ2v) is 17.6. The molecule has 5 aromatic rings. The molecule has 3 N–H and O–H groups in total. The first-order chi connectivity index (χ1) is 28.1. The number of thiol groups is 1. The van der Waals surface area contributed by atoms with Crippen LogP contribution in [0.3, 0.4) is 0 Å². The minimum Gasteiger partial charge on any atom is -0.382 e. The van der Waals surface area contributed by atoms with Crippen LogP contribution in [-0.2, 0) is 41.7 Å². The number of carbonyl (C=O) groups excluding carboxylic acids is 2. The van der Waals surface area contributed by atoms with Crippen LogP contribution in [0.1, 0.15) is 36.7 Å². The van der Waals surface area contributed by atoms with E-state index in [9.17, 15) is 23.5 Å². The fourth-order valence-corrected chi connectivity index (χ4v) is 8.50. The highest BCUT2D eigenvalue weighted by Gasteiger charge is 2.52.